The van der Waals surface area contributed by atoms with Crippen LogP contribution in [0.3, 0.4) is 0 Å². The van der Waals surface area contributed by atoms with Crippen molar-refractivity contribution in [1.82, 2.24) is 0 Å². The minimum atomic E-state index is -0.142. The standard InChI is InChI=1S/C49H35NO/c1-49(2)43-22-12-11-20-38(43)39-28-26-36(31-44(39)49)50(45-29-25-35(32-14-5-3-6-15-32)30-42(45)33-16-7-4-8-17-33)46-23-13-21-40-41-27-24-34-18-9-10-19-37(34)47(41)51-48(40)46/h3-31H,1-2H3. The van der Waals surface area contributed by atoms with Gasteiger partial charge < -0.3 is 9.32 Å². The predicted molar refractivity (Wildman–Crippen MR) is 214 cm³/mol. The van der Waals surface area contributed by atoms with E-state index in [4.69, 9.17) is 4.42 Å². The lowest BCUT2D eigenvalue weighted by molar-refractivity contribution is 0.660. The second-order valence-electron chi connectivity index (χ2n) is 14.1. The zero-order chi connectivity index (χ0) is 34.1. The Morgan fingerprint density at radius 1 is 0.412 bits per heavy atom. The molecule has 0 aliphatic heterocycles. The molecule has 1 aromatic heterocycles. The molecule has 1 aliphatic rings. The summed E-state index contributed by atoms with van der Waals surface area (Å²) in [5.41, 5.74) is 14.8. The van der Waals surface area contributed by atoms with E-state index in [9.17, 15) is 0 Å². The van der Waals surface area contributed by atoms with Crippen molar-refractivity contribution in [3.8, 4) is 33.4 Å². The smallest absolute Gasteiger partial charge is 0.159 e. The van der Waals surface area contributed by atoms with Crippen molar-refractivity contribution in [2.24, 2.45) is 0 Å². The number of rotatable bonds is 5. The van der Waals surface area contributed by atoms with Crippen molar-refractivity contribution in [3.05, 3.63) is 187 Å². The van der Waals surface area contributed by atoms with Gasteiger partial charge in [0, 0.05) is 32.8 Å². The van der Waals surface area contributed by atoms with Crippen LogP contribution in [0.15, 0.2) is 180 Å². The molecule has 0 fully saturated rings. The average molecular weight is 654 g/mol. The number of anilines is 3. The summed E-state index contributed by atoms with van der Waals surface area (Å²) in [5, 5.41) is 4.52. The van der Waals surface area contributed by atoms with E-state index in [0.29, 0.717) is 0 Å². The third-order valence-electron chi connectivity index (χ3n) is 10.9. The minimum absolute atomic E-state index is 0.142. The molecule has 0 saturated heterocycles. The van der Waals surface area contributed by atoms with Gasteiger partial charge in [-0.25, -0.2) is 0 Å². The summed E-state index contributed by atoms with van der Waals surface area (Å²) >= 11 is 0. The Morgan fingerprint density at radius 3 is 1.94 bits per heavy atom. The molecule has 10 rings (SSSR count). The highest BCUT2D eigenvalue weighted by Gasteiger charge is 2.36. The van der Waals surface area contributed by atoms with Gasteiger partial charge >= 0.3 is 0 Å². The summed E-state index contributed by atoms with van der Waals surface area (Å²) in [5.74, 6) is 0. The Balaban J connectivity index is 1.27. The fourth-order valence-electron chi connectivity index (χ4n) is 8.32. The summed E-state index contributed by atoms with van der Waals surface area (Å²) in [6.07, 6.45) is 0. The maximum absolute atomic E-state index is 7.00. The quantitative estimate of drug-likeness (QED) is 0.184. The first-order valence-corrected chi connectivity index (χ1v) is 17.7. The van der Waals surface area contributed by atoms with Gasteiger partial charge in [0.25, 0.3) is 0 Å². The van der Waals surface area contributed by atoms with Crippen molar-refractivity contribution >= 4 is 49.8 Å². The van der Waals surface area contributed by atoms with Crippen molar-refractivity contribution in [1.29, 1.82) is 0 Å². The van der Waals surface area contributed by atoms with E-state index < -0.39 is 0 Å². The molecule has 9 aromatic rings. The van der Waals surface area contributed by atoms with Crippen LogP contribution in [0.2, 0.25) is 0 Å². The topological polar surface area (TPSA) is 16.4 Å². The second-order valence-corrected chi connectivity index (χ2v) is 14.1. The number of benzene rings is 8. The van der Waals surface area contributed by atoms with Crippen LogP contribution >= 0.6 is 0 Å². The maximum atomic E-state index is 7.00. The van der Waals surface area contributed by atoms with Crippen LogP contribution in [0.5, 0.6) is 0 Å². The first-order valence-electron chi connectivity index (χ1n) is 17.7. The van der Waals surface area contributed by atoms with E-state index >= 15 is 0 Å². The van der Waals surface area contributed by atoms with Gasteiger partial charge in [-0.3, -0.25) is 0 Å². The highest BCUT2D eigenvalue weighted by Crippen LogP contribution is 2.52. The van der Waals surface area contributed by atoms with Crippen LogP contribution < -0.4 is 4.90 Å². The van der Waals surface area contributed by atoms with E-state index in [1.807, 2.05) is 0 Å². The highest BCUT2D eigenvalue weighted by atomic mass is 16.3. The predicted octanol–water partition coefficient (Wildman–Crippen LogP) is 13.8. The largest absolute Gasteiger partial charge is 0.453 e. The normalized spacial score (nSPS) is 13.1. The third-order valence-corrected chi connectivity index (χ3v) is 10.9. The van der Waals surface area contributed by atoms with Crippen LogP contribution in [-0.4, -0.2) is 0 Å². The molecular formula is C49H35NO. The van der Waals surface area contributed by atoms with Crippen molar-refractivity contribution in [3.63, 3.8) is 0 Å². The van der Waals surface area contributed by atoms with Crippen LogP contribution in [0.4, 0.5) is 17.1 Å². The number of hydrogen-bond donors (Lipinski definition) is 0. The third kappa shape index (κ3) is 4.57. The molecule has 0 spiro atoms. The summed E-state index contributed by atoms with van der Waals surface area (Å²) < 4.78 is 7.00. The van der Waals surface area contributed by atoms with Gasteiger partial charge in [0.05, 0.1) is 11.4 Å². The van der Waals surface area contributed by atoms with Crippen LogP contribution in [-0.2, 0) is 5.41 Å². The SMILES string of the molecule is CC1(C)c2ccccc2-c2ccc(N(c3ccc(-c4ccccc4)cc3-c3ccccc3)c3cccc4c3oc3c5ccccc5ccc43)cc21. The summed E-state index contributed by atoms with van der Waals surface area (Å²) in [6.45, 7) is 4.70. The Hall–Kier alpha value is -6.38. The number of para-hydroxylation sites is 1. The van der Waals surface area contributed by atoms with Crippen LogP contribution in [0, 0.1) is 0 Å². The van der Waals surface area contributed by atoms with Gasteiger partial charge in [-0.2, -0.15) is 0 Å². The monoisotopic (exact) mass is 653 g/mol. The number of hydrogen-bond acceptors (Lipinski definition) is 2. The second kappa shape index (κ2) is 11.3. The Morgan fingerprint density at radius 2 is 1.10 bits per heavy atom. The van der Waals surface area contributed by atoms with E-state index in [-0.39, 0.29) is 5.41 Å². The molecule has 0 bridgehead atoms. The lowest BCUT2D eigenvalue weighted by Gasteiger charge is -2.30. The maximum Gasteiger partial charge on any atom is 0.159 e. The Labute approximate surface area is 297 Å². The zero-order valence-corrected chi connectivity index (χ0v) is 28.6. The molecule has 8 aromatic carbocycles. The molecule has 2 nitrogen and oxygen atoms in total. The molecular weight excluding hydrogens is 619 g/mol. The molecule has 0 amide bonds. The molecule has 1 aliphatic carbocycles. The van der Waals surface area contributed by atoms with Gasteiger partial charge in [-0.15, -0.1) is 0 Å². The molecule has 2 heteroatoms. The lowest BCUT2D eigenvalue weighted by atomic mass is 9.82. The van der Waals surface area contributed by atoms with Gasteiger partial charge in [-0.05, 0) is 80.7 Å². The number of furan rings is 1. The number of fused-ring (bicyclic) bond motifs is 8. The fraction of sp³-hybridized carbons (Fsp3) is 0.0612. The van der Waals surface area contributed by atoms with E-state index in [0.717, 1.165) is 55.5 Å². The lowest BCUT2D eigenvalue weighted by Crippen LogP contribution is -2.17. The molecule has 0 saturated carbocycles. The van der Waals surface area contributed by atoms with Crippen LogP contribution in [0.25, 0.3) is 66.1 Å². The van der Waals surface area contributed by atoms with Gasteiger partial charge in [0.1, 0.15) is 5.58 Å². The highest BCUT2D eigenvalue weighted by molar-refractivity contribution is 6.17. The Kier molecular flexibility index (Phi) is 6.56. The average Bonchev–Trinajstić information content (AvgIpc) is 3.69. The first kappa shape index (κ1) is 29.5. The minimum Gasteiger partial charge on any atom is -0.453 e. The first-order chi connectivity index (χ1) is 25.1. The molecule has 0 radical (unpaired) electrons. The molecule has 242 valence electrons. The fourth-order valence-corrected chi connectivity index (χ4v) is 8.32. The van der Waals surface area contributed by atoms with Crippen molar-refractivity contribution in [2.75, 3.05) is 4.90 Å². The van der Waals surface area contributed by atoms with Crippen LogP contribution in [0.1, 0.15) is 25.0 Å². The molecule has 0 unspecified atom stereocenters. The van der Waals surface area contributed by atoms with Gasteiger partial charge in [0.2, 0.25) is 0 Å². The van der Waals surface area contributed by atoms with Gasteiger partial charge in [-0.1, -0.05) is 153 Å². The van der Waals surface area contributed by atoms with E-state index in [2.05, 4.69) is 195 Å². The molecule has 51 heavy (non-hydrogen) atoms. The molecule has 1 heterocycles. The van der Waals surface area contributed by atoms with E-state index in [1.165, 1.54) is 38.8 Å². The zero-order valence-electron chi connectivity index (χ0n) is 28.6. The molecule has 0 atom stereocenters. The summed E-state index contributed by atoms with van der Waals surface area (Å²) in [7, 11) is 0. The van der Waals surface area contributed by atoms with E-state index in [1.54, 1.807) is 0 Å². The summed E-state index contributed by atoms with van der Waals surface area (Å²) in [6, 6.07) is 63.6. The number of nitrogens with zero attached hydrogens (tertiary/aromatic N) is 1. The van der Waals surface area contributed by atoms with Crippen molar-refractivity contribution < 1.29 is 4.42 Å². The Bertz CT molecular complexity index is 2770. The van der Waals surface area contributed by atoms with Crippen molar-refractivity contribution in [2.45, 2.75) is 19.3 Å². The van der Waals surface area contributed by atoms with Gasteiger partial charge in [0.15, 0.2) is 5.58 Å². The summed E-state index contributed by atoms with van der Waals surface area (Å²) in [4.78, 5) is 2.42. The molecule has 0 N–H and O–H groups in total.